The van der Waals surface area contributed by atoms with Crippen LogP contribution in [0.4, 0.5) is 0 Å². The average Bonchev–Trinajstić information content (AvgIpc) is 3.01. The van der Waals surface area contributed by atoms with Crippen LogP contribution in [0.3, 0.4) is 0 Å². The molecule has 0 unspecified atom stereocenters. The Labute approximate surface area is 145 Å². The Morgan fingerprint density at radius 1 is 1.42 bits per heavy atom. The second-order valence-corrected chi connectivity index (χ2v) is 7.27. The number of ether oxygens (including phenoxy) is 2. The Balaban J connectivity index is 1.60. The number of carbonyl (C=O) groups excluding carboxylic acids is 1. The van der Waals surface area contributed by atoms with Gasteiger partial charge in [-0.15, -0.1) is 11.8 Å². The summed E-state index contributed by atoms with van der Waals surface area (Å²) < 4.78 is 10.5. The molecule has 0 spiro atoms. The molecule has 0 radical (unpaired) electrons. The standard InChI is InChI=1S/C17H21NO5S/c1-22-13-2-4-14(5-3-13)24-10-15(19)18-8-12-9-23-7-6-17(12,11-18)16(20)21/h2-5,12H,6-11H2,1H3,(H,20,21)/t12-,17+/m0/s1. The molecule has 0 bridgehead atoms. The van der Waals surface area contributed by atoms with E-state index >= 15 is 0 Å². The van der Waals surface area contributed by atoms with Crippen LogP contribution in [0.15, 0.2) is 29.2 Å². The fourth-order valence-corrected chi connectivity index (χ4v) is 4.20. The molecule has 6 nitrogen and oxygen atoms in total. The fourth-order valence-electron chi connectivity index (χ4n) is 3.40. The number of likely N-dealkylation sites (tertiary alicyclic amines) is 1. The highest BCUT2D eigenvalue weighted by Gasteiger charge is 2.54. The lowest BCUT2D eigenvalue weighted by Gasteiger charge is -2.33. The third-order valence-corrected chi connectivity index (χ3v) is 5.90. The van der Waals surface area contributed by atoms with Crippen LogP contribution in [0.25, 0.3) is 0 Å². The molecule has 3 rings (SSSR count). The van der Waals surface area contributed by atoms with E-state index in [1.807, 2.05) is 24.3 Å². The van der Waals surface area contributed by atoms with Gasteiger partial charge in [0.05, 0.1) is 24.9 Å². The maximum absolute atomic E-state index is 12.5. The Morgan fingerprint density at radius 2 is 2.17 bits per heavy atom. The van der Waals surface area contributed by atoms with E-state index in [4.69, 9.17) is 9.47 Å². The van der Waals surface area contributed by atoms with Crippen molar-refractivity contribution in [2.24, 2.45) is 11.3 Å². The number of carboxylic acid groups (broad SMARTS) is 1. The second-order valence-electron chi connectivity index (χ2n) is 6.22. The first-order chi connectivity index (χ1) is 11.5. The van der Waals surface area contributed by atoms with Crippen LogP contribution >= 0.6 is 11.8 Å². The zero-order chi connectivity index (χ0) is 17.2. The van der Waals surface area contributed by atoms with Gasteiger partial charge in [0.25, 0.3) is 0 Å². The van der Waals surface area contributed by atoms with Crippen molar-refractivity contribution in [3.8, 4) is 5.75 Å². The summed E-state index contributed by atoms with van der Waals surface area (Å²) in [6, 6.07) is 7.53. The summed E-state index contributed by atoms with van der Waals surface area (Å²) in [5.74, 6) is 0.131. The summed E-state index contributed by atoms with van der Waals surface area (Å²) in [5.41, 5.74) is -0.835. The Hall–Kier alpha value is -1.73. The molecule has 1 aromatic rings. The number of carboxylic acids is 1. The Morgan fingerprint density at radius 3 is 2.79 bits per heavy atom. The molecule has 2 saturated heterocycles. The SMILES string of the molecule is COc1ccc(SCC(=O)N2C[C@H]3COCC[C@@]3(C(=O)O)C2)cc1. The van der Waals surface area contributed by atoms with E-state index in [1.165, 1.54) is 11.8 Å². The van der Waals surface area contributed by atoms with E-state index in [0.717, 1.165) is 10.6 Å². The van der Waals surface area contributed by atoms with E-state index in [1.54, 1.807) is 12.0 Å². The lowest BCUT2D eigenvalue weighted by Crippen LogP contribution is -2.45. The molecule has 2 fully saturated rings. The molecule has 2 aliphatic heterocycles. The van der Waals surface area contributed by atoms with Crippen LogP contribution in [-0.2, 0) is 14.3 Å². The minimum Gasteiger partial charge on any atom is -0.497 e. The van der Waals surface area contributed by atoms with Crippen LogP contribution in [0, 0.1) is 11.3 Å². The number of hydrogen-bond acceptors (Lipinski definition) is 5. The number of thioether (sulfide) groups is 1. The van der Waals surface area contributed by atoms with Crippen LogP contribution in [0.2, 0.25) is 0 Å². The summed E-state index contributed by atoms with van der Waals surface area (Å²) in [4.78, 5) is 26.9. The van der Waals surface area contributed by atoms with E-state index < -0.39 is 11.4 Å². The molecule has 1 N–H and O–H groups in total. The lowest BCUT2D eigenvalue weighted by molar-refractivity contribution is -0.157. The van der Waals surface area contributed by atoms with Crippen molar-refractivity contribution in [2.45, 2.75) is 11.3 Å². The van der Waals surface area contributed by atoms with Gasteiger partial charge in [-0.3, -0.25) is 9.59 Å². The molecule has 1 aromatic carbocycles. The molecule has 0 aromatic heterocycles. The molecule has 24 heavy (non-hydrogen) atoms. The van der Waals surface area contributed by atoms with Crippen LogP contribution in [0.5, 0.6) is 5.75 Å². The number of carbonyl (C=O) groups is 2. The summed E-state index contributed by atoms with van der Waals surface area (Å²) >= 11 is 1.45. The first kappa shape index (κ1) is 17.1. The number of hydrogen-bond donors (Lipinski definition) is 1. The van der Waals surface area contributed by atoms with Crippen molar-refractivity contribution in [3.05, 3.63) is 24.3 Å². The number of fused-ring (bicyclic) bond motifs is 1. The smallest absolute Gasteiger partial charge is 0.311 e. The van der Waals surface area contributed by atoms with Gasteiger partial charge < -0.3 is 19.5 Å². The van der Waals surface area contributed by atoms with Crippen molar-refractivity contribution >= 4 is 23.6 Å². The number of amides is 1. The lowest BCUT2D eigenvalue weighted by atomic mass is 9.74. The third-order valence-electron chi connectivity index (χ3n) is 4.91. The van der Waals surface area contributed by atoms with Gasteiger partial charge in [-0.25, -0.2) is 0 Å². The van der Waals surface area contributed by atoms with Gasteiger partial charge in [0.15, 0.2) is 0 Å². The van der Waals surface area contributed by atoms with E-state index in [-0.39, 0.29) is 11.8 Å². The highest BCUT2D eigenvalue weighted by molar-refractivity contribution is 8.00. The van der Waals surface area contributed by atoms with Crippen molar-refractivity contribution in [1.29, 1.82) is 0 Å². The zero-order valence-electron chi connectivity index (χ0n) is 13.6. The summed E-state index contributed by atoms with van der Waals surface area (Å²) in [5, 5.41) is 9.65. The monoisotopic (exact) mass is 351 g/mol. The molecule has 1 amide bonds. The summed E-state index contributed by atoms with van der Waals surface area (Å²) in [6.45, 7) is 1.62. The molecular formula is C17H21NO5S. The van der Waals surface area contributed by atoms with Crippen LogP contribution < -0.4 is 4.74 Å². The summed E-state index contributed by atoms with van der Waals surface area (Å²) in [7, 11) is 1.61. The molecule has 2 atom stereocenters. The van der Waals surface area contributed by atoms with Gasteiger partial charge in [-0.2, -0.15) is 0 Å². The molecule has 0 aliphatic carbocycles. The number of rotatable bonds is 5. The first-order valence-corrected chi connectivity index (χ1v) is 8.89. The van der Waals surface area contributed by atoms with E-state index in [0.29, 0.717) is 38.5 Å². The van der Waals surface area contributed by atoms with Crippen molar-refractivity contribution in [3.63, 3.8) is 0 Å². The third kappa shape index (κ3) is 3.23. The highest BCUT2D eigenvalue weighted by atomic mass is 32.2. The molecule has 130 valence electrons. The largest absolute Gasteiger partial charge is 0.497 e. The van der Waals surface area contributed by atoms with Crippen LogP contribution in [-0.4, -0.2) is 61.0 Å². The Kier molecular flexibility index (Phi) is 5.01. The van der Waals surface area contributed by atoms with Crippen molar-refractivity contribution in [1.82, 2.24) is 4.90 Å². The van der Waals surface area contributed by atoms with Gasteiger partial charge in [-0.1, -0.05) is 0 Å². The molecule has 0 saturated carbocycles. The molecule has 7 heteroatoms. The Bertz CT molecular complexity index is 620. The molecule has 2 aliphatic rings. The molecular weight excluding hydrogens is 330 g/mol. The van der Waals surface area contributed by atoms with Gasteiger partial charge >= 0.3 is 5.97 Å². The number of benzene rings is 1. The predicted octanol–water partition coefficient (Wildman–Crippen LogP) is 1.74. The number of nitrogens with zero attached hydrogens (tertiary/aromatic N) is 1. The highest BCUT2D eigenvalue weighted by Crippen LogP contribution is 2.42. The maximum Gasteiger partial charge on any atom is 0.311 e. The van der Waals surface area contributed by atoms with Gasteiger partial charge in [0, 0.05) is 30.5 Å². The van der Waals surface area contributed by atoms with Crippen molar-refractivity contribution < 1.29 is 24.2 Å². The van der Waals surface area contributed by atoms with Gasteiger partial charge in [-0.05, 0) is 30.7 Å². The minimum atomic E-state index is -0.835. The normalized spacial score (nSPS) is 26.0. The predicted molar refractivity (Wildman–Crippen MR) is 89.3 cm³/mol. The summed E-state index contributed by atoms with van der Waals surface area (Å²) in [6.07, 6.45) is 0.475. The maximum atomic E-state index is 12.5. The molecule has 2 heterocycles. The minimum absolute atomic E-state index is 0.0224. The topological polar surface area (TPSA) is 76.1 Å². The van der Waals surface area contributed by atoms with Gasteiger partial charge in [0.2, 0.25) is 5.91 Å². The quantitative estimate of drug-likeness (QED) is 0.815. The van der Waals surface area contributed by atoms with Crippen LogP contribution in [0.1, 0.15) is 6.42 Å². The fraction of sp³-hybridized carbons (Fsp3) is 0.529. The zero-order valence-corrected chi connectivity index (χ0v) is 14.4. The first-order valence-electron chi connectivity index (χ1n) is 7.91. The van der Waals surface area contributed by atoms with E-state index in [9.17, 15) is 14.7 Å². The number of aliphatic carboxylic acids is 1. The second kappa shape index (κ2) is 7.03. The number of methoxy groups -OCH3 is 1. The van der Waals surface area contributed by atoms with Crippen molar-refractivity contribution in [2.75, 3.05) is 39.2 Å². The van der Waals surface area contributed by atoms with Gasteiger partial charge in [0.1, 0.15) is 5.75 Å². The average molecular weight is 351 g/mol. The van der Waals surface area contributed by atoms with E-state index in [2.05, 4.69) is 0 Å².